The van der Waals surface area contributed by atoms with Crippen molar-refractivity contribution < 1.29 is 18.1 Å². The largest absolute Gasteiger partial charge is 0.416 e. The molecule has 1 atom stereocenters. The molecule has 0 spiro atoms. The molecule has 1 aliphatic rings. The fourth-order valence-corrected chi connectivity index (χ4v) is 3.06. The monoisotopic (exact) mass is 330 g/mol. The van der Waals surface area contributed by atoms with Crippen LogP contribution in [0.2, 0.25) is 0 Å². The Labute approximate surface area is 133 Å². The molecule has 0 unspecified atom stereocenters. The van der Waals surface area contributed by atoms with Gasteiger partial charge in [-0.15, -0.1) is 0 Å². The van der Waals surface area contributed by atoms with E-state index in [1.165, 1.54) is 6.07 Å². The van der Waals surface area contributed by atoms with Crippen LogP contribution in [0, 0.1) is 21.4 Å². The van der Waals surface area contributed by atoms with Gasteiger partial charge in [0.1, 0.15) is 5.69 Å². The SMILES string of the molecule is C[C@@H]1CCC(C)(C)CN(c2ccc(C(F)(F)F)cc2[N+](=O)[O-])C1. The first-order valence-electron chi connectivity index (χ1n) is 7.60. The Balaban J connectivity index is 2.46. The number of hydrogen-bond donors (Lipinski definition) is 0. The van der Waals surface area contributed by atoms with Crippen LogP contribution >= 0.6 is 0 Å². The molecular weight excluding hydrogens is 309 g/mol. The summed E-state index contributed by atoms with van der Waals surface area (Å²) in [7, 11) is 0. The minimum Gasteiger partial charge on any atom is -0.365 e. The number of rotatable bonds is 2. The van der Waals surface area contributed by atoms with Crippen molar-refractivity contribution in [3.8, 4) is 0 Å². The van der Waals surface area contributed by atoms with Gasteiger partial charge in [0.05, 0.1) is 10.5 Å². The van der Waals surface area contributed by atoms with Gasteiger partial charge in [-0.25, -0.2) is 0 Å². The second-order valence-electron chi connectivity index (χ2n) is 7.15. The summed E-state index contributed by atoms with van der Waals surface area (Å²) in [6.45, 7) is 7.41. The third-order valence-corrected chi connectivity index (χ3v) is 4.30. The number of anilines is 1. The van der Waals surface area contributed by atoms with Crippen LogP contribution in [0.15, 0.2) is 18.2 Å². The van der Waals surface area contributed by atoms with Crippen LogP contribution in [0.3, 0.4) is 0 Å². The molecule has 2 rings (SSSR count). The summed E-state index contributed by atoms with van der Waals surface area (Å²) in [4.78, 5) is 12.4. The summed E-state index contributed by atoms with van der Waals surface area (Å²) in [5.41, 5.74) is -1.24. The Bertz CT molecular complexity index is 599. The molecule has 0 aromatic heterocycles. The Hall–Kier alpha value is -1.79. The molecule has 1 aliphatic heterocycles. The van der Waals surface area contributed by atoms with E-state index < -0.39 is 22.4 Å². The first kappa shape index (κ1) is 17.6. The number of nitro benzene ring substituents is 1. The van der Waals surface area contributed by atoms with Gasteiger partial charge in [-0.1, -0.05) is 20.8 Å². The van der Waals surface area contributed by atoms with Gasteiger partial charge >= 0.3 is 6.18 Å². The molecule has 0 aliphatic carbocycles. The normalized spacial score (nSPS) is 21.8. The van der Waals surface area contributed by atoms with Gasteiger partial charge in [-0.05, 0) is 36.3 Å². The number of benzene rings is 1. The summed E-state index contributed by atoms with van der Waals surface area (Å²) < 4.78 is 38.5. The molecular formula is C16H21F3N2O2. The molecule has 0 saturated carbocycles. The van der Waals surface area contributed by atoms with E-state index in [4.69, 9.17) is 0 Å². The summed E-state index contributed by atoms with van der Waals surface area (Å²) in [6, 6.07) is 2.79. The minimum absolute atomic E-state index is 0.0404. The van der Waals surface area contributed by atoms with Crippen LogP contribution < -0.4 is 4.90 Å². The van der Waals surface area contributed by atoms with Gasteiger partial charge in [0.2, 0.25) is 0 Å². The molecule has 7 heteroatoms. The summed E-state index contributed by atoms with van der Waals surface area (Å²) in [5, 5.41) is 11.3. The molecule has 0 radical (unpaired) electrons. The third kappa shape index (κ3) is 4.14. The van der Waals surface area contributed by atoms with E-state index in [0.717, 1.165) is 18.9 Å². The van der Waals surface area contributed by atoms with E-state index in [0.29, 0.717) is 25.1 Å². The predicted octanol–water partition coefficient (Wildman–Crippen LogP) is 4.88. The molecule has 0 amide bonds. The molecule has 1 fully saturated rings. The van der Waals surface area contributed by atoms with Gasteiger partial charge in [0.15, 0.2) is 0 Å². The number of halogens is 3. The average molecular weight is 330 g/mol. The molecule has 0 N–H and O–H groups in total. The number of nitro groups is 1. The van der Waals surface area contributed by atoms with Crippen LogP contribution in [-0.2, 0) is 6.18 Å². The van der Waals surface area contributed by atoms with E-state index in [9.17, 15) is 23.3 Å². The van der Waals surface area contributed by atoms with Crippen LogP contribution in [0.25, 0.3) is 0 Å². The molecule has 1 aromatic rings. The van der Waals surface area contributed by atoms with Crippen molar-refractivity contribution in [2.45, 2.75) is 39.8 Å². The molecule has 4 nitrogen and oxygen atoms in total. The zero-order valence-corrected chi connectivity index (χ0v) is 13.5. The second kappa shape index (κ2) is 6.02. The molecule has 23 heavy (non-hydrogen) atoms. The van der Waals surface area contributed by atoms with Crippen LogP contribution in [0.4, 0.5) is 24.5 Å². The Kier molecular flexibility index (Phi) is 4.59. The molecule has 1 heterocycles. The van der Waals surface area contributed by atoms with Crippen molar-refractivity contribution in [3.63, 3.8) is 0 Å². The van der Waals surface area contributed by atoms with Crippen molar-refractivity contribution >= 4 is 11.4 Å². The highest BCUT2D eigenvalue weighted by Crippen LogP contribution is 2.39. The van der Waals surface area contributed by atoms with E-state index in [-0.39, 0.29) is 11.1 Å². The molecule has 128 valence electrons. The van der Waals surface area contributed by atoms with Gasteiger partial charge in [-0.3, -0.25) is 10.1 Å². The predicted molar refractivity (Wildman–Crippen MR) is 82.5 cm³/mol. The highest BCUT2D eigenvalue weighted by atomic mass is 19.4. The lowest BCUT2D eigenvalue weighted by Gasteiger charge is -2.31. The fourth-order valence-electron chi connectivity index (χ4n) is 3.06. The fraction of sp³-hybridized carbons (Fsp3) is 0.625. The Morgan fingerprint density at radius 1 is 1.35 bits per heavy atom. The number of hydrogen-bond acceptors (Lipinski definition) is 3. The smallest absolute Gasteiger partial charge is 0.365 e. The average Bonchev–Trinajstić information content (AvgIpc) is 2.55. The van der Waals surface area contributed by atoms with Crippen molar-refractivity contribution in [2.24, 2.45) is 11.3 Å². The summed E-state index contributed by atoms with van der Waals surface area (Å²) in [5.74, 6) is 0.332. The zero-order chi connectivity index (χ0) is 17.4. The van der Waals surface area contributed by atoms with Crippen molar-refractivity contribution in [1.29, 1.82) is 0 Å². The highest BCUT2D eigenvalue weighted by Gasteiger charge is 2.35. The number of alkyl halides is 3. The highest BCUT2D eigenvalue weighted by molar-refractivity contribution is 5.65. The number of nitrogens with zero attached hydrogens (tertiary/aromatic N) is 2. The molecule has 0 bridgehead atoms. The van der Waals surface area contributed by atoms with E-state index >= 15 is 0 Å². The van der Waals surface area contributed by atoms with Crippen molar-refractivity contribution in [3.05, 3.63) is 33.9 Å². The molecule has 1 aromatic carbocycles. The van der Waals surface area contributed by atoms with Gasteiger partial charge in [-0.2, -0.15) is 13.2 Å². The lowest BCUT2D eigenvalue weighted by atomic mass is 9.86. The first-order chi connectivity index (χ1) is 10.5. The van der Waals surface area contributed by atoms with Crippen LogP contribution in [0.5, 0.6) is 0 Å². The maximum atomic E-state index is 12.8. The van der Waals surface area contributed by atoms with Gasteiger partial charge in [0, 0.05) is 19.2 Å². The van der Waals surface area contributed by atoms with Gasteiger partial charge < -0.3 is 4.90 Å². The molecule has 1 saturated heterocycles. The Morgan fingerprint density at radius 3 is 2.57 bits per heavy atom. The maximum Gasteiger partial charge on any atom is 0.416 e. The van der Waals surface area contributed by atoms with Crippen LogP contribution in [0.1, 0.15) is 39.2 Å². The zero-order valence-electron chi connectivity index (χ0n) is 13.5. The van der Waals surface area contributed by atoms with Crippen molar-refractivity contribution in [1.82, 2.24) is 0 Å². The first-order valence-corrected chi connectivity index (χ1v) is 7.60. The Morgan fingerprint density at radius 2 is 2.00 bits per heavy atom. The second-order valence-corrected chi connectivity index (χ2v) is 7.15. The van der Waals surface area contributed by atoms with E-state index in [1.807, 2.05) is 4.90 Å². The maximum absolute atomic E-state index is 12.8. The van der Waals surface area contributed by atoms with Crippen LogP contribution in [-0.4, -0.2) is 18.0 Å². The minimum atomic E-state index is -4.59. The lowest BCUT2D eigenvalue weighted by molar-refractivity contribution is -0.384. The van der Waals surface area contributed by atoms with E-state index in [1.54, 1.807) is 0 Å². The summed E-state index contributed by atoms with van der Waals surface area (Å²) in [6.07, 6.45) is -2.61. The topological polar surface area (TPSA) is 46.4 Å². The van der Waals surface area contributed by atoms with Gasteiger partial charge in [0.25, 0.3) is 5.69 Å². The summed E-state index contributed by atoms with van der Waals surface area (Å²) >= 11 is 0. The van der Waals surface area contributed by atoms with Crippen molar-refractivity contribution in [2.75, 3.05) is 18.0 Å². The lowest BCUT2D eigenvalue weighted by Crippen LogP contribution is -2.34. The third-order valence-electron chi connectivity index (χ3n) is 4.30. The standard InChI is InChI=1S/C16H21F3N2O2/c1-11-6-7-15(2,3)10-20(9-11)13-5-4-12(16(17,18)19)8-14(13)21(22)23/h4-5,8,11H,6-7,9-10H2,1-3H3/t11-/m1/s1. The quantitative estimate of drug-likeness (QED) is 0.574. The van der Waals surface area contributed by atoms with E-state index in [2.05, 4.69) is 20.8 Å².